The molecule has 0 fully saturated rings. The molecule has 0 unspecified atom stereocenters. The van der Waals surface area contributed by atoms with Gasteiger partial charge in [0, 0.05) is 13.1 Å². The van der Waals surface area contributed by atoms with Crippen molar-refractivity contribution < 1.29 is 14.3 Å². The zero-order chi connectivity index (χ0) is 14.6. The Labute approximate surface area is 119 Å². The number of ether oxygens (including phenoxy) is 2. The number of likely N-dealkylation sites (N-methyl/N-ethyl adjacent to an activating group) is 1. The van der Waals surface area contributed by atoms with Crippen LogP contribution in [-0.4, -0.2) is 39.3 Å². The van der Waals surface area contributed by atoms with Crippen LogP contribution in [0.2, 0.25) is 0 Å². The van der Waals surface area contributed by atoms with Crippen molar-refractivity contribution in [1.29, 1.82) is 0 Å². The van der Waals surface area contributed by atoms with Crippen LogP contribution >= 0.6 is 0 Å². The van der Waals surface area contributed by atoms with Crippen molar-refractivity contribution in [3.05, 3.63) is 23.8 Å². The van der Waals surface area contributed by atoms with E-state index in [1.54, 1.807) is 0 Å². The number of rotatable bonds is 5. The number of hydrogen-bond acceptors (Lipinski definition) is 4. The molecule has 1 aromatic rings. The van der Waals surface area contributed by atoms with Crippen LogP contribution in [-0.2, 0) is 10.2 Å². The Morgan fingerprint density at radius 2 is 1.90 bits per heavy atom. The smallest absolute Gasteiger partial charge is 0.230 e. The van der Waals surface area contributed by atoms with Gasteiger partial charge < -0.3 is 20.1 Å². The Hall–Kier alpha value is -1.75. The van der Waals surface area contributed by atoms with E-state index in [1.807, 2.05) is 39.1 Å². The van der Waals surface area contributed by atoms with E-state index in [2.05, 4.69) is 10.6 Å². The van der Waals surface area contributed by atoms with E-state index in [-0.39, 0.29) is 5.91 Å². The van der Waals surface area contributed by atoms with E-state index in [1.165, 1.54) is 0 Å². The first kappa shape index (κ1) is 14.7. The molecule has 1 aliphatic rings. The molecule has 0 aliphatic carbocycles. The third kappa shape index (κ3) is 3.04. The largest absolute Gasteiger partial charge is 0.486 e. The van der Waals surface area contributed by atoms with Crippen molar-refractivity contribution >= 4 is 5.91 Å². The van der Waals surface area contributed by atoms with E-state index in [0.29, 0.717) is 25.5 Å². The number of hydrogen-bond donors (Lipinski definition) is 2. The zero-order valence-corrected chi connectivity index (χ0v) is 12.3. The summed E-state index contributed by atoms with van der Waals surface area (Å²) in [4.78, 5) is 12.3. The number of carbonyl (C=O) groups excluding carboxylic acids is 1. The summed E-state index contributed by atoms with van der Waals surface area (Å²) in [6.07, 6.45) is 0. The Morgan fingerprint density at radius 3 is 2.60 bits per heavy atom. The van der Waals surface area contributed by atoms with Crippen molar-refractivity contribution in [3.8, 4) is 11.5 Å². The number of nitrogens with one attached hydrogen (secondary N) is 2. The summed E-state index contributed by atoms with van der Waals surface area (Å²) in [7, 11) is 1.86. The number of carbonyl (C=O) groups is 1. The second-order valence-electron chi connectivity index (χ2n) is 5.34. The maximum absolute atomic E-state index is 12.3. The van der Waals surface area contributed by atoms with Gasteiger partial charge in [-0.05, 0) is 38.6 Å². The van der Waals surface area contributed by atoms with Gasteiger partial charge in [-0.15, -0.1) is 0 Å². The van der Waals surface area contributed by atoms with Gasteiger partial charge in [0.25, 0.3) is 0 Å². The van der Waals surface area contributed by atoms with Crippen LogP contribution in [0.15, 0.2) is 18.2 Å². The van der Waals surface area contributed by atoms with Gasteiger partial charge in [-0.3, -0.25) is 4.79 Å². The fourth-order valence-electron chi connectivity index (χ4n) is 2.09. The fourth-order valence-corrected chi connectivity index (χ4v) is 2.09. The minimum Gasteiger partial charge on any atom is -0.486 e. The second-order valence-corrected chi connectivity index (χ2v) is 5.34. The summed E-state index contributed by atoms with van der Waals surface area (Å²) in [5.41, 5.74) is 0.313. The van der Waals surface area contributed by atoms with E-state index >= 15 is 0 Å². The molecule has 5 nitrogen and oxygen atoms in total. The highest BCUT2D eigenvalue weighted by atomic mass is 16.6. The molecule has 0 atom stereocenters. The molecule has 1 amide bonds. The van der Waals surface area contributed by atoms with Crippen molar-refractivity contribution in [2.45, 2.75) is 19.3 Å². The molecule has 20 heavy (non-hydrogen) atoms. The van der Waals surface area contributed by atoms with Gasteiger partial charge in [0.1, 0.15) is 13.2 Å². The van der Waals surface area contributed by atoms with Crippen molar-refractivity contribution in [2.75, 3.05) is 33.4 Å². The first-order chi connectivity index (χ1) is 9.55. The Balaban J connectivity index is 2.14. The van der Waals surface area contributed by atoms with Crippen LogP contribution in [0.25, 0.3) is 0 Å². The maximum atomic E-state index is 12.3. The predicted molar refractivity (Wildman–Crippen MR) is 77.4 cm³/mol. The normalized spacial score (nSPS) is 13.9. The molecule has 0 saturated heterocycles. The van der Waals surface area contributed by atoms with Crippen LogP contribution in [0.1, 0.15) is 19.4 Å². The lowest BCUT2D eigenvalue weighted by Gasteiger charge is -2.26. The van der Waals surface area contributed by atoms with Gasteiger partial charge in [0.05, 0.1) is 5.41 Å². The standard InChI is InChI=1S/C15H22N2O3/c1-15(2,14(18)17-7-6-16-3)11-4-5-12-13(10-11)20-9-8-19-12/h4-5,10,16H,6-9H2,1-3H3,(H,17,18). The van der Waals surface area contributed by atoms with Crippen molar-refractivity contribution in [1.82, 2.24) is 10.6 Å². The summed E-state index contributed by atoms with van der Waals surface area (Å²) in [6, 6.07) is 5.68. The molecule has 2 N–H and O–H groups in total. The van der Waals surface area contributed by atoms with Crippen molar-refractivity contribution in [2.24, 2.45) is 0 Å². The van der Waals surface area contributed by atoms with Gasteiger partial charge >= 0.3 is 0 Å². The van der Waals surface area contributed by atoms with E-state index in [0.717, 1.165) is 17.9 Å². The molecular weight excluding hydrogens is 256 g/mol. The van der Waals surface area contributed by atoms with Gasteiger partial charge in [0.2, 0.25) is 5.91 Å². The van der Waals surface area contributed by atoms with Crippen LogP contribution in [0.4, 0.5) is 0 Å². The van der Waals surface area contributed by atoms with Gasteiger partial charge in [-0.25, -0.2) is 0 Å². The number of amides is 1. The summed E-state index contributed by atoms with van der Waals surface area (Å²) < 4.78 is 11.1. The molecule has 0 saturated carbocycles. The molecule has 110 valence electrons. The lowest BCUT2D eigenvalue weighted by atomic mass is 9.83. The lowest BCUT2D eigenvalue weighted by Crippen LogP contribution is -2.42. The fraction of sp³-hybridized carbons (Fsp3) is 0.533. The number of fused-ring (bicyclic) bond motifs is 1. The lowest BCUT2D eigenvalue weighted by molar-refractivity contribution is -0.125. The molecule has 0 aromatic heterocycles. The topological polar surface area (TPSA) is 59.6 Å². The maximum Gasteiger partial charge on any atom is 0.230 e. The Kier molecular flexibility index (Phi) is 4.49. The van der Waals surface area contributed by atoms with Crippen LogP contribution in [0.3, 0.4) is 0 Å². The monoisotopic (exact) mass is 278 g/mol. The van der Waals surface area contributed by atoms with Gasteiger partial charge in [-0.2, -0.15) is 0 Å². The highest BCUT2D eigenvalue weighted by Gasteiger charge is 2.30. The molecule has 0 bridgehead atoms. The van der Waals surface area contributed by atoms with Crippen LogP contribution in [0.5, 0.6) is 11.5 Å². The Bertz CT molecular complexity index is 486. The van der Waals surface area contributed by atoms with Crippen molar-refractivity contribution in [3.63, 3.8) is 0 Å². The average molecular weight is 278 g/mol. The summed E-state index contributed by atoms with van der Waals surface area (Å²) in [5, 5.41) is 5.93. The van der Waals surface area contributed by atoms with Gasteiger partial charge in [-0.1, -0.05) is 6.07 Å². The third-order valence-corrected chi connectivity index (χ3v) is 3.49. The highest BCUT2D eigenvalue weighted by molar-refractivity contribution is 5.87. The molecule has 5 heteroatoms. The zero-order valence-electron chi connectivity index (χ0n) is 12.3. The minimum atomic E-state index is -0.608. The summed E-state index contributed by atoms with van der Waals surface area (Å²) in [5.74, 6) is 1.46. The SMILES string of the molecule is CNCCNC(=O)C(C)(C)c1ccc2c(c1)OCCO2. The van der Waals surface area contributed by atoms with E-state index in [9.17, 15) is 4.79 Å². The van der Waals surface area contributed by atoms with Crippen LogP contribution in [0, 0.1) is 0 Å². The number of benzene rings is 1. The van der Waals surface area contributed by atoms with Gasteiger partial charge in [0.15, 0.2) is 11.5 Å². The molecule has 1 aliphatic heterocycles. The molecule has 2 rings (SSSR count). The summed E-state index contributed by atoms with van der Waals surface area (Å²) >= 11 is 0. The predicted octanol–water partition coefficient (Wildman–Crippen LogP) is 1.07. The molecular formula is C15H22N2O3. The highest BCUT2D eigenvalue weighted by Crippen LogP contribution is 2.35. The molecule has 0 spiro atoms. The molecule has 0 radical (unpaired) electrons. The third-order valence-electron chi connectivity index (χ3n) is 3.49. The van der Waals surface area contributed by atoms with E-state index in [4.69, 9.17) is 9.47 Å². The molecule has 1 aromatic carbocycles. The average Bonchev–Trinajstić information content (AvgIpc) is 2.46. The molecule has 1 heterocycles. The van der Waals surface area contributed by atoms with E-state index < -0.39 is 5.41 Å². The van der Waals surface area contributed by atoms with Crippen LogP contribution < -0.4 is 20.1 Å². The second kappa shape index (κ2) is 6.13. The summed E-state index contributed by atoms with van der Waals surface area (Å²) in [6.45, 7) is 6.30. The first-order valence-corrected chi connectivity index (χ1v) is 6.88. The quantitative estimate of drug-likeness (QED) is 0.791. The minimum absolute atomic E-state index is 0.00410. The first-order valence-electron chi connectivity index (χ1n) is 6.88. The Morgan fingerprint density at radius 1 is 1.20 bits per heavy atom.